The Morgan fingerprint density at radius 1 is 1.41 bits per heavy atom. The summed E-state index contributed by atoms with van der Waals surface area (Å²) >= 11 is 3.14. The van der Waals surface area contributed by atoms with Gasteiger partial charge in [-0.1, -0.05) is 0 Å². The van der Waals surface area contributed by atoms with Gasteiger partial charge < -0.3 is 5.32 Å². The van der Waals surface area contributed by atoms with Crippen LogP contribution in [0.4, 0.5) is 0 Å². The van der Waals surface area contributed by atoms with Crippen molar-refractivity contribution in [1.29, 1.82) is 0 Å². The predicted octanol–water partition coefficient (Wildman–Crippen LogP) is 3.08. The number of aromatic nitrogens is 1. The van der Waals surface area contributed by atoms with Gasteiger partial charge in [0.1, 0.15) is 0 Å². The molecule has 1 amide bonds. The van der Waals surface area contributed by atoms with E-state index in [9.17, 15) is 4.79 Å². The van der Waals surface area contributed by atoms with Gasteiger partial charge in [-0.05, 0) is 55.6 Å². The number of hydrogen-bond acceptors (Lipinski definition) is 5. The summed E-state index contributed by atoms with van der Waals surface area (Å²) in [4.78, 5) is 20.4. The van der Waals surface area contributed by atoms with Gasteiger partial charge in [0.25, 0.3) is 5.91 Å². The highest BCUT2D eigenvalue weighted by molar-refractivity contribution is 7.17. The lowest BCUT2D eigenvalue weighted by Crippen LogP contribution is -2.62. The second kappa shape index (κ2) is 5.76. The highest BCUT2D eigenvalue weighted by Gasteiger charge is 2.40. The molecule has 3 aliphatic rings. The average Bonchev–Trinajstić information content (AvgIpc) is 3.21. The first-order valence-electron chi connectivity index (χ1n) is 7.75. The maximum absolute atomic E-state index is 12.5. The molecule has 6 heteroatoms. The zero-order valence-electron chi connectivity index (χ0n) is 12.5. The van der Waals surface area contributed by atoms with Crippen molar-refractivity contribution in [2.75, 3.05) is 13.1 Å². The number of piperidine rings is 3. The Morgan fingerprint density at radius 2 is 2.23 bits per heavy atom. The number of amides is 1. The van der Waals surface area contributed by atoms with Crippen LogP contribution in [-0.2, 0) is 0 Å². The summed E-state index contributed by atoms with van der Waals surface area (Å²) in [6, 6.07) is 2.77. The van der Waals surface area contributed by atoms with Crippen molar-refractivity contribution in [1.82, 2.24) is 15.2 Å². The minimum atomic E-state index is -0.0166. The first-order chi connectivity index (χ1) is 10.7. The minimum Gasteiger partial charge on any atom is -0.345 e. The molecule has 0 aromatic carbocycles. The lowest BCUT2D eigenvalue weighted by atomic mass is 9.79. The van der Waals surface area contributed by atoms with Crippen LogP contribution in [0, 0.1) is 5.92 Å². The number of fused-ring (bicyclic) bond motifs is 3. The third kappa shape index (κ3) is 2.49. The van der Waals surface area contributed by atoms with Crippen LogP contribution in [0.2, 0.25) is 0 Å². The lowest BCUT2D eigenvalue weighted by Gasteiger charge is -2.49. The number of carbonyl (C=O) groups is 1. The molecular weight excluding hydrogens is 314 g/mol. The van der Waals surface area contributed by atoms with Crippen molar-refractivity contribution < 1.29 is 4.79 Å². The Labute approximate surface area is 138 Å². The summed E-state index contributed by atoms with van der Waals surface area (Å²) in [7, 11) is 0. The molecule has 2 aromatic heterocycles. The summed E-state index contributed by atoms with van der Waals surface area (Å²) in [5.74, 6) is 0.609. The third-order valence-electron chi connectivity index (χ3n) is 4.98. The fraction of sp³-hybridized carbons (Fsp3) is 0.500. The molecule has 3 saturated heterocycles. The van der Waals surface area contributed by atoms with Crippen molar-refractivity contribution in [3.63, 3.8) is 0 Å². The molecule has 5 rings (SSSR count). The van der Waals surface area contributed by atoms with Gasteiger partial charge in [-0.3, -0.25) is 9.69 Å². The van der Waals surface area contributed by atoms with E-state index < -0.39 is 0 Å². The van der Waals surface area contributed by atoms with Gasteiger partial charge in [-0.25, -0.2) is 4.98 Å². The van der Waals surface area contributed by atoms with E-state index >= 15 is 0 Å². The Balaban J connectivity index is 1.48. The van der Waals surface area contributed by atoms with Crippen LogP contribution in [0.25, 0.3) is 10.4 Å². The molecule has 5 heterocycles. The van der Waals surface area contributed by atoms with Crippen LogP contribution in [0.15, 0.2) is 23.0 Å². The maximum atomic E-state index is 12.5. The second-order valence-electron chi connectivity index (χ2n) is 6.15. The molecule has 0 unspecified atom stereocenters. The second-order valence-corrected chi connectivity index (χ2v) is 7.97. The summed E-state index contributed by atoms with van der Waals surface area (Å²) in [6.45, 7) is 4.59. The Morgan fingerprint density at radius 3 is 2.91 bits per heavy atom. The van der Waals surface area contributed by atoms with E-state index in [0.29, 0.717) is 17.0 Å². The van der Waals surface area contributed by atoms with Crippen LogP contribution in [0.5, 0.6) is 0 Å². The van der Waals surface area contributed by atoms with E-state index in [0.717, 1.165) is 10.4 Å². The van der Waals surface area contributed by atoms with Crippen molar-refractivity contribution in [3.8, 4) is 10.4 Å². The molecule has 116 valence electrons. The fourth-order valence-corrected chi connectivity index (χ4v) is 5.22. The molecule has 4 nitrogen and oxygen atoms in total. The molecule has 0 radical (unpaired) electrons. The van der Waals surface area contributed by atoms with Crippen molar-refractivity contribution in [2.45, 2.75) is 31.8 Å². The Hall–Kier alpha value is -1.24. The van der Waals surface area contributed by atoms with E-state index in [1.165, 1.54) is 37.3 Å². The standard InChI is InChI=1S/C16H19N3OS2/c1-10-14(11-2-5-19(10)6-3-11)18-15(20)16-17-8-13(22-16)12-4-7-21-9-12/h4,7-11,14H,2-3,5-6H2,1H3,(H,18,20)/t10-,14-/m0/s1. The van der Waals surface area contributed by atoms with Crippen LogP contribution < -0.4 is 5.32 Å². The fourth-order valence-electron chi connectivity index (χ4n) is 3.68. The maximum Gasteiger partial charge on any atom is 0.280 e. The zero-order valence-corrected chi connectivity index (χ0v) is 14.1. The van der Waals surface area contributed by atoms with E-state index in [-0.39, 0.29) is 11.9 Å². The van der Waals surface area contributed by atoms with Crippen LogP contribution in [-0.4, -0.2) is 41.0 Å². The molecule has 3 aliphatic heterocycles. The van der Waals surface area contributed by atoms with E-state index in [4.69, 9.17) is 0 Å². The van der Waals surface area contributed by atoms with Gasteiger partial charge in [0, 0.05) is 23.8 Å². The molecular formula is C16H19N3OS2. The molecule has 0 aliphatic carbocycles. The largest absolute Gasteiger partial charge is 0.345 e. The van der Waals surface area contributed by atoms with Gasteiger partial charge in [-0.2, -0.15) is 11.3 Å². The van der Waals surface area contributed by atoms with Crippen molar-refractivity contribution in [2.24, 2.45) is 5.92 Å². The first kappa shape index (κ1) is 14.4. The highest BCUT2D eigenvalue weighted by Crippen LogP contribution is 2.33. The quantitative estimate of drug-likeness (QED) is 0.939. The SMILES string of the molecule is C[C@H]1[C@H](NC(=O)c2ncc(-c3ccsc3)s2)C2CCN1CC2. The highest BCUT2D eigenvalue weighted by atomic mass is 32.1. The van der Waals surface area contributed by atoms with Crippen molar-refractivity contribution >= 4 is 28.6 Å². The zero-order chi connectivity index (χ0) is 15.1. The number of rotatable bonds is 3. The van der Waals surface area contributed by atoms with E-state index in [1.54, 1.807) is 11.3 Å². The number of nitrogens with zero attached hydrogens (tertiary/aromatic N) is 2. The monoisotopic (exact) mass is 333 g/mol. The van der Waals surface area contributed by atoms with Gasteiger partial charge in [0.2, 0.25) is 0 Å². The summed E-state index contributed by atoms with van der Waals surface area (Å²) in [5, 5.41) is 7.95. The smallest absolute Gasteiger partial charge is 0.280 e. The van der Waals surface area contributed by atoms with Gasteiger partial charge in [-0.15, -0.1) is 11.3 Å². The first-order valence-corrected chi connectivity index (χ1v) is 9.51. The van der Waals surface area contributed by atoms with E-state index in [2.05, 4.69) is 33.6 Å². The number of hydrogen-bond donors (Lipinski definition) is 1. The predicted molar refractivity (Wildman–Crippen MR) is 90.4 cm³/mol. The van der Waals surface area contributed by atoms with Gasteiger partial charge in [0.15, 0.2) is 5.01 Å². The molecule has 0 saturated carbocycles. The Bertz CT molecular complexity index is 657. The number of thiophene rings is 1. The normalized spacial score (nSPS) is 30.4. The van der Waals surface area contributed by atoms with Crippen LogP contribution >= 0.6 is 22.7 Å². The lowest BCUT2D eigenvalue weighted by molar-refractivity contribution is 0.0217. The average molecular weight is 333 g/mol. The third-order valence-corrected chi connectivity index (χ3v) is 6.71. The van der Waals surface area contributed by atoms with Crippen LogP contribution in [0.1, 0.15) is 29.6 Å². The number of thiazole rings is 1. The number of carbonyl (C=O) groups excluding carboxylic acids is 1. The summed E-state index contributed by atoms with van der Waals surface area (Å²) in [6.07, 6.45) is 4.21. The number of nitrogens with one attached hydrogen (secondary N) is 1. The molecule has 1 N–H and O–H groups in total. The molecule has 2 aromatic rings. The molecule has 22 heavy (non-hydrogen) atoms. The molecule has 2 atom stereocenters. The Kier molecular flexibility index (Phi) is 3.76. The van der Waals surface area contributed by atoms with Crippen LogP contribution in [0.3, 0.4) is 0 Å². The molecule has 0 spiro atoms. The molecule has 2 bridgehead atoms. The minimum absolute atomic E-state index is 0.0166. The topological polar surface area (TPSA) is 45.2 Å². The summed E-state index contributed by atoms with van der Waals surface area (Å²) < 4.78 is 0. The molecule has 3 fully saturated rings. The van der Waals surface area contributed by atoms with Gasteiger partial charge >= 0.3 is 0 Å². The van der Waals surface area contributed by atoms with E-state index in [1.807, 2.05) is 11.6 Å². The summed E-state index contributed by atoms with van der Waals surface area (Å²) in [5.41, 5.74) is 1.15. The van der Waals surface area contributed by atoms with Crippen molar-refractivity contribution in [3.05, 3.63) is 28.0 Å². The van der Waals surface area contributed by atoms with Gasteiger partial charge in [0.05, 0.1) is 4.88 Å².